The molecule has 0 radical (unpaired) electrons. The lowest BCUT2D eigenvalue weighted by molar-refractivity contribution is 0.213. The highest BCUT2D eigenvalue weighted by atomic mass is 32.1. The lowest BCUT2D eigenvalue weighted by Crippen LogP contribution is -2.32. The standard InChI is InChI=1S/C14H21FN2S/c1-4-7-17(10(2)3)9-11-5-6-12(15)8-13(11)14(16)18/h5-6,8,10H,4,7,9H2,1-3H3,(H2,16,18). The lowest BCUT2D eigenvalue weighted by Gasteiger charge is -2.27. The van der Waals surface area contributed by atoms with Crippen LogP contribution in [0, 0.1) is 5.82 Å². The Labute approximate surface area is 114 Å². The van der Waals surface area contributed by atoms with Gasteiger partial charge in [0.25, 0.3) is 0 Å². The topological polar surface area (TPSA) is 29.3 Å². The molecule has 1 rings (SSSR count). The summed E-state index contributed by atoms with van der Waals surface area (Å²) < 4.78 is 13.2. The van der Waals surface area contributed by atoms with Crippen molar-refractivity contribution in [3.63, 3.8) is 0 Å². The van der Waals surface area contributed by atoms with Crippen LogP contribution in [0.1, 0.15) is 38.3 Å². The van der Waals surface area contributed by atoms with Crippen molar-refractivity contribution in [3.8, 4) is 0 Å². The van der Waals surface area contributed by atoms with Gasteiger partial charge in [-0.2, -0.15) is 0 Å². The molecule has 0 atom stereocenters. The van der Waals surface area contributed by atoms with E-state index in [0.717, 1.165) is 25.1 Å². The highest BCUT2D eigenvalue weighted by Gasteiger charge is 2.13. The van der Waals surface area contributed by atoms with Gasteiger partial charge in [0.05, 0.1) is 0 Å². The Morgan fingerprint density at radius 1 is 1.44 bits per heavy atom. The molecular weight excluding hydrogens is 247 g/mol. The summed E-state index contributed by atoms with van der Waals surface area (Å²) >= 11 is 4.98. The monoisotopic (exact) mass is 268 g/mol. The average Bonchev–Trinajstić information content (AvgIpc) is 2.30. The molecule has 100 valence electrons. The Bertz CT molecular complexity index is 418. The van der Waals surface area contributed by atoms with Gasteiger partial charge in [0.2, 0.25) is 0 Å². The largest absolute Gasteiger partial charge is 0.389 e. The first-order chi connectivity index (χ1) is 8.45. The SMILES string of the molecule is CCCN(Cc1ccc(F)cc1C(N)=S)C(C)C. The van der Waals surface area contributed by atoms with E-state index in [9.17, 15) is 4.39 Å². The summed E-state index contributed by atoms with van der Waals surface area (Å²) in [5, 5.41) is 0. The van der Waals surface area contributed by atoms with E-state index < -0.39 is 0 Å². The Morgan fingerprint density at radius 3 is 2.61 bits per heavy atom. The predicted molar refractivity (Wildman–Crippen MR) is 78.1 cm³/mol. The summed E-state index contributed by atoms with van der Waals surface area (Å²) in [7, 11) is 0. The van der Waals surface area contributed by atoms with Crippen molar-refractivity contribution >= 4 is 17.2 Å². The number of hydrogen-bond acceptors (Lipinski definition) is 2. The van der Waals surface area contributed by atoms with Gasteiger partial charge in [-0.3, -0.25) is 4.90 Å². The number of thiocarbonyl (C=S) groups is 1. The fraction of sp³-hybridized carbons (Fsp3) is 0.500. The highest BCUT2D eigenvalue weighted by Crippen LogP contribution is 2.15. The number of nitrogens with zero attached hydrogens (tertiary/aromatic N) is 1. The first kappa shape index (κ1) is 15.1. The smallest absolute Gasteiger partial charge is 0.123 e. The molecule has 0 spiro atoms. The van der Waals surface area contributed by atoms with Gasteiger partial charge in [0, 0.05) is 18.2 Å². The summed E-state index contributed by atoms with van der Waals surface area (Å²) in [5.74, 6) is -0.298. The van der Waals surface area contributed by atoms with Gasteiger partial charge in [0.1, 0.15) is 10.8 Å². The number of halogens is 1. The molecular formula is C14H21FN2S. The van der Waals surface area contributed by atoms with E-state index in [4.69, 9.17) is 18.0 Å². The van der Waals surface area contributed by atoms with Crippen LogP contribution in [-0.4, -0.2) is 22.5 Å². The summed E-state index contributed by atoms with van der Waals surface area (Å²) in [6, 6.07) is 5.09. The maximum atomic E-state index is 13.2. The molecule has 1 aromatic carbocycles. The minimum absolute atomic E-state index is 0.254. The van der Waals surface area contributed by atoms with Gasteiger partial charge in [-0.05, 0) is 44.5 Å². The lowest BCUT2D eigenvalue weighted by atomic mass is 10.1. The van der Waals surface area contributed by atoms with E-state index in [-0.39, 0.29) is 10.8 Å². The Kier molecular flexibility index (Phi) is 5.69. The maximum absolute atomic E-state index is 13.2. The molecule has 0 fully saturated rings. The third-order valence-corrected chi connectivity index (χ3v) is 3.17. The van der Waals surface area contributed by atoms with E-state index in [1.54, 1.807) is 6.07 Å². The maximum Gasteiger partial charge on any atom is 0.123 e. The summed E-state index contributed by atoms with van der Waals surface area (Å²) in [5.41, 5.74) is 7.29. The summed E-state index contributed by atoms with van der Waals surface area (Å²) in [6.45, 7) is 8.21. The van der Waals surface area contributed by atoms with E-state index in [0.29, 0.717) is 11.6 Å². The second-order valence-electron chi connectivity index (χ2n) is 4.73. The quantitative estimate of drug-likeness (QED) is 0.804. The molecule has 0 aromatic heterocycles. The van der Waals surface area contributed by atoms with Gasteiger partial charge in [-0.15, -0.1) is 0 Å². The van der Waals surface area contributed by atoms with Crippen LogP contribution in [0.2, 0.25) is 0 Å². The molecule has 2 nitrogen and oxygen atoms in total. The first-order valence-corrected chi connectivity index (χ1v) is 6.68. The van der Waals surface area contributed by atoms with Crippen molar-refractivity contribution < 1.29 is 4.39 Å². The van der Waals surface area contributed by atoms with Gasteiger partial charge in [-0.1, -0.05) is 25.2 Å². The fourth-order valence-corrected chi connectivity index (χ4v) is 2.13. The third kappa shape index (κ3) is 4.03. The van der Waals surface area contributed by atoms with Crippen LogP contribution in [-0.2, 0) is 6.54 Å². The molecule has 0 unspecified atom stereocenters. The van der Waals surface area contributed by atoms with Crippen molar-refractivity contribution in [2.45, 2.75) is 39.8 Å². The highest BCUT2D eigenvalue weighted by molar-refractivity contribution is 7.80. The zero-order chi connectivity index (χ0) is 13.7. The zero-order valence-electron chi connectivity index (χ0n) is 11.2. The van der Waals surface area contributed by atoms with E-state index in [1.807, 2.05) is 0 Å². The molecule has 0 saturated heterocycles. The van der Waals surface area contributed by atoms with Gasteiger partial charge < -0.3 is 5.73 Å². The predicted octanol–water partition coefficient (Wildman–Crippen LogP) is 3.08. The average molecular weight is 268 g/mol. The Hall–Kier alpha value is -1.00. The van der Waals surface area contributed by atoms with Gasteiger partial charge in [-0.25, -0.2) is 4.39 Å². The molecule has 2 N–H and O–H groups in total. The van der Waals surface area contributed by atoms with Crippen LogP contribution in [0.25, 0.3) is 0 Å². The molecule has 0 aliphatic carbocycles. The molecule has 18 heavy (non-hydrogen) atoms. The Morgan fingerprint density at radius 2 is 2.11 bits per heavy atom. The van der Waals surface area contributed by atoms with Crippen molar-refractivity contribution in [3.05, 3.63) is 35.1 Å². The fourth-order valence-electron chi connectivity index (χ4n) is 1.94. The van der Waals surface area contributed by atoms with Crippen molar-refractivity contribution in [1.29, 1.82) is 0 Å². The molecule has 0 bridgehead atoms. The number of nitrogens with two attached hydrogens (primary N) is 1. The second kappa shape index (κ2) is 6.81. The van der Waals surface area contributed by atoms with Crippen LogP contribution in [0.5, 0.6) is 0 Å². The van der Waals surface area contributed by atoms with Crippen LogP contribution in [0.15, 0.2) is 18.2 Å². The van der Waals surface area contributed by atoms with E-state index >= 15 is 0 Å². The van der Waals surface area contributed by atoms with Crippen molar-refractivity contribution in [2.24, 2.45) is 5.73 Å². The minimum atomic E-state index is -0.298. The molecule has 0 heterocycles. The van der Waals surface area contributed by atoms with E-state index in [2.05, 4.69) is 25.7 Å². The zero-order valence-corrected chi connectivity index (χ0v) is 12.1. The van der Waals surface area contributed by atoms with E-state index in [1.165, 1.54) is 12.1 Å². The van der Waals surface area contributed by atoms with Crippen LogP contribution in [0.3, 0.4) is 0 Å². The number of benzene rings is 1. The van der Waals surface area contributed by atoms with Crippen LogP contribution >= 0.6 is 12.2 Å². The van der Waals surface area contributed by atoms with Crippen LogP contribution < -0.4 is 5.73 Å². The molecule has 0 saturated carbocycles. The van der Waals surface area contributed by atoms with Crippen LogP contribution in [0.4, 0.5) is 4.39 Å². The van der Waals surface area contributed by atoms with Crippen molar-refractivity contribution in [1.82, 2.24) is 4.90 Å². The molecule has 1 aromatic rings. The van der Waals surface area contributed by atoms with Crippen molar-refractivity contribution in [2.75, 3.05) is 6.54 Å². The molecule has 0 aliphatic heterocycles. The summed E-state index contributed by atoms with van der Waals surface area (Å²) in [6.07, 6.45) is 1.09. The summed E-state index contributed by atoms with van der Waals surface area (Å²) in [4.78, 5) is 2.58. The molecule has 4 heteroatoms. The normalized spacial score (nSPS) is 11.2. The number of hydrogen-bond donors (Lipinski definition) is 1. The van der Waals surface area contributed by atoms with Gasteiger partial charge in [0.15, 0.2) is 0 Å². The minimum Gasteiger partial charge on any atom is -0.389 e. The molecule has 0 aliphatic rings. The number of rotatable bonds is 6. The molecule has 0 amide bonds. The first-order valence-electron chi connectivity index (χ1n) is 6.28. The van der Waals surface area contributed by atoms with Gasteiger partial charge >= 0.3 is 0 Å². The Balaban J connectivity index is 2.98. The second-order valence-corrected chi connectivity index (χ2v) is 5.17. The third-order valence-electron chi connectivity index (χ3n) is 2.95.